The molecule has 0 aliphatic rings. The summed E-state index contributed by atoms with van der Waals surface area (Å²) < 4.78 is 32.5. The van der Waals surface area contributed by atoms with E-state index in [1.54, 1.807) is 23.1 Å². The van der Waals surface area contributed by atoms with Crippen LogP contribution in [0.5, 0.6) is 0 Å². The predicted molar refractivity (Wildman–Crippen MR) is 169 cm³/mol. The summed E-state index contributed by atoms with van der Waals surface area (Å²) in [7, 11) is 0. The molecule has 0 aliphatic carbocycles. The molecule has 6 rings (SSSR count). The molecule has 0 amide bonds. The van der Waals surface area contributed by atoms with Crippen molar-refractivity contribution in [3.8, 4) is 33.4 Å². The van der Waals surface area contributed by atoms with Crippen molar-refractivity contribution < 1.29 is 8.78 Å². The Morgan fingerprint density at radius 2 is 1.10 bits per heavy atom. The summed E-state index contributed by atoms with van der Waals surface area (Å²) in [5, 5.41) is 2.30. The second-order valence-electron chi connectivity index (χ2n) is 11.3. The maximum atomic E-state index is 17.1. The predicted octanol–water partition coefficient (Wildman–Crippen LogP) is 11.1. The zero-order valence-electron chi connectivity index (χ0n) is 23.4. The topological polar surface area (TPSA) is 3.24 Å². The third-order valence-corrected chi connectivity index (χ3v) is 7.46. The largest absolute Gasteiger partial charge is 0.331 e. The number of para-hydroxylation sites is 1. The minimum absolute atomic E-state index is 0.331. The Kier molecular flexibility index (Phi) is 6.88. The average molecular weight is 540 g/mol. The van der Waals surface area contributed by atoms with E-state index in [9.17, 15) is 0 Å². The van der Waals surface area contributed by atoms with Crippen LogP contribution in [0, 0.1) is 11.6 Å². The van der Waals surface area contributed by atoms with Gasteiger partial charge in [-0.25, -0.2) is 8.78 Å². The van der Waals surface area contributed by atoms with E-state index in [1.807, 2.05) is 99.6 Å². The first-order valence-electron chi connectivity index (χ1n) is 13.8. The number of fused-ring (bicyclic) bond motifs is 1. The van der Waals surface area contributed by atoms with Crippen LogP contribution in [-0.2, 0) is 0 Å². The minimum Gasteiger partial charge on any atom is -0.331 e. The van der Waals surface area contributed by atoms with Crippen molar-refractivity contribution in [1.29, 1.82) is 0 Å². The van der Waals surface area contributed by atoms with E-state index in [0.29, 0.717) is 22.5 Å². The van der Waals surface area contributed by atoms with Gasteiger partial charge >= 0.3 is 0 Å². The molecule has 0 unspecified atom stereocenters. The Labute approximate surface area is 240 Å². The van der Waals surface area contributed by atoms with Crippen LogP contribution >= 0.6 is 0 Å². The number of anilines is 2. The molecule has 0 saturated heterocycles. The molecule has 6 aromatic carbocycles. The number of nitrogens with zero attached hydrogens (tertiary/aromatic N) is 1. The highest BCUT2D eigenvalue weighted by Gasteiger charge is 2.31. The van der Waals surface area contributed by atoms with Crippen molar-refractivity contribution in [1.82, 2.24) is 0 Å². The third kappa shape index (κ3) is 5.00. The van der Waals surface area contributed by atoms with Crippen LogP contribution in [0.25, 0.3) is 44.2 Å². The van der Waals surface area contributed by atoms with Crippen LogP contribution in [0.4, 0.5) is 20.2 Å². The second kappa shape index (κ2) is 10.7. The van der Waals surface area contributed by atoms with Crippen LogP contribution in [0.15, 0.2) is 133 Å². The van der Waals surface area contributed by atoms with Crippen molar-refractivity contribution in [2.24, 2.45) is 0 Å². The van der Waals surface area contributed by atoms with Crippen molar-refractivity contribution >= 4 is 22.1 Å². The monoisotopic (exact) mass is 539 g/mol. The fourth-order valence-corrected chi connectivity index (χ4v) is 5.64. The summed E-state index contributed by atoms with van der Waals surface area (Å²) in [6.07, 6.45) is 0. The molecule has 6 aromatic rings. The number of rotatable bonds is 5. The molecule has 0 aliphatic heterocycles. The lowest BCUT2D eigenvalue weighted by Crippen LogP contribution is -2.39. The van der Waals surface area contributed by atoms with Gasteiger partial charge in [-0.3, -0.25) is 0 Å². The van der Waals surface area contributed by atoms with Crippen LogP contribution in [0.3, 0.4) is 0 Å². The molecule has 0 radical (unpaired) electrons. The molecule has 0 N–H and O–H groups in total. The average Bonchev–Trinajstić information content (AvgIpc) is 2.98. The summed E-state index contributed by atoms with van der Waals surface area (Å²) in [5.74, 6) is -0.788. The first-order valence-corrected chi connectivity index (χ1v) is 13.8. The van der Waals surface area contributed by atoms with Crippen molar-refractivity contribution in [3.05, 3.63) is 145 Å². The highest BCUT2D eigenvalue weighted by atomic mass is 19.1. The molecular formula is C38H31F2N. The quantitative estimate of drug-likeness (QED) is 0.211. The summed E-state index contributed by atoms with van der Waals surface area (Å²) >= 11 is 0. The zero-order chi connectivity index (χ0) is 28.6. The van der Waals surface area contributed by atoms with Gasteiger partial charge in [0.1, 0.15) is 5.82 Å². The van der Waals surface area contributed by atoms with Crippen molar-refractivity contribution in [2.75, 3.05) is 4.90 Å². The van der Waals surface area contributed by atoms with Gasteiger partial charge in [0.25, 0.3) is 0 Å². The lowest BCUT2D eigenvalue weighted by Gasteiger charge is -2.39. The molecule has 0 fully saturated rings. The first kappa shape index (κ1) is 26.5. The smallest absolute Gasteiger partial charge is 0.155 e. The van der Waals surface area contributed by atoms with Crippen LogP contribution in [0.2, 0.25) is 0 Å². The Balaban J connectivity index is 1.59. The highest BCUT2D eigenvalue weighted by molar-refractivity contribution is 5.97. The number of halogens is 2. The molecule has 0 atom stereocenters. The molecule has 0 heterocycles. The molecule has 3 heteroatoms. The van der Waals surface area contributed by atoms with Crippen molar-refractivity contribution in [2.45, 2.75) is 26.3 Å². The summed E-state index contributed by atoms with van der Waals surface area (Å²) in [5.41, 5.74) is 4.94. The number of hydrogen-bond donors (Lipinski definition) is 0. The van der Waals surface area contributed by atoms with Crippen LogP contribution < -0.4 is 4.90 Å². The maximum absolute atomic E-state index is 17.1. The molecular weight excluding hydrogens is 508 g/mol. The van der Waals surface area contributed by atoms with E-state index in [-0.39, 0.29) is 5.82 Å². The van der Waals surface area contributed by atoms with Gasteiger partial charge in [0.2, 0.25) is 0 Å². The SMILES string of the molecule is CC(C)(C)N(c1ccccc1F)c1c(-c2ccccc2)ccc(-c2cccc(-c3cccc4ccccc34)c2)c1F. The molecule has 0 saturated carbocycles. The van der Waals surface area contributed by atoms with Gasteiger partial charge < -0.3 is 4.90 Å². The summed E-state index contributed by atoms with van der Waals surface area (Å²) in [4.78, 5) is 1.79. The molecule has 1 nitrogen and oxygen atoms in total. The van der Waals surface area contributed by atoms with Gasteiger partial charge in [-0.05, 0) is 72.0 Å². The van der Waals surface area contributed by atoms with Gasteiger partial charge in [-0.2, -0.15) is 0 Å². The summed E-state index contributed by atoms with van der Waals surface area (Å²) in [6.45, 7) is 5.92. The van der Waals surface area contributed by atoms with Crippen molar-refractivity contribution in [3.63, 3.8) is 0 Å². The standard InChI is InChI=1S/C38H31F2N/c1-38(2,3)41(35-22-10-9-21-34(35)39)37-33(27-13-5-4-6-14-27)24-23-32(36(37)40)29-18-11-17-28(25-29)31-20-12-16-26-15-7-8-19-30(26)31/h4-25H,1-3H3. The fraction of sp³-hybridized carbons (Fsp3) is 0.105. The van der Waals surface area contributed by atoms with Gasteiger partial charge in [-0.15, -0.1) is 0 Å². The number of hydrogen-bond acceptors (Lipinski definition) is 1. The molecule has 0 bridgehead atoms. The molecule has 0 spiro atoms. The minimum atomic E-state index is -0.629. The van der Waals surface area contributed by atoms with E-state index in [4.69, 9.17) is 0 Å². The normalized spacial score (nSPS) is 11.5. The van der Waals surface area contributed by atoms with Crippen LogP contribution in [0.1, 0.15) is 20.8 Å². The summed E-state index contributed by atoms with van der Waals surface area (Å²) in [6, 6.07) is 42.6. The van der Waals surface area contributed by atoms with Crippen LogP contribution in [-0.4, -0.2) is 5.54 Å². The van der Waals surface area contributed by atoms with E-state index in [0.717, 1.165) is 33.0 Å². The lowest BCUT2D eigenvalue weighted by molar-refractivity contribution is 0.528. The van der Waals surface area contributed by atoms with Gasteiger partial charge in [0, 0.05) is 16.7 Å². The molecule has 41 heavy (non-hydrogen) atoms. The van der Waals surface area contributed by atoms with E-state index < -0.39 is 11.4 Å². The van der Waals surface area contributed by atoms with E-state index in [2.05, 4.69) is 30.3 Å². The van der Waals surface area contributed by atoms with Gasteiger partial charge in [0.15, 0.2) is 5.82 Å². The number of benzene rings is 6. The third-order valence-electron chi connectivity index (χ3n) is 7.46. The zero-order valence-corrected chi connectivity index (χ0v) is 23.4. The van der Waals surface area contributed by atoms with E-state index in [1.165, 1.54) is 6.07 Å². The van der Waals surface area contributed by atoms with Gasteiger partial charge in [-0.1, -0.05) is 115 Å². The Hall–Kier alpha value is -4.76. The second-order valence-corrected chi connectivity index (χ2v) is 11.3. The first-order chi connectivity index (χ1) is 19.8. The highest BCUT2D eigenvalue weighted by Crippen LogP contribution is 2.45. The molecule has 202 valence electrons. The lowest BCUT2D eigenvalue weighted by atomic mass is 9.92. The van der Waals surface area contributed by atoms with E-state index >= 15 is 8.78 Å². The van der Waals surface area contributed by atoms with Gasteiger partial charge in [0.05, 0.1) is 11.4 Å². The maximum Gasteiger partial charge on any atom is 0.155 e. The molecule has 0 aromatic heterocycles. The Morgan fingerprint density at radius 3 is 1.85 bits per heavy atom. The Morgan fingerprint density at radius 1 is 0.512 bits per heavy atom. The fourth-order valence-electron chi connectivity index (χ4n) is 5.64. The Bertz CT molecular complexity index is 1850.